The van der Waals surface area contributed by atoms with Crippen molar-refractivity contribution in [3.63, 3.8) is 0 Å². The van der Waals surface area contributed by atoms with Gasteiger partial charge in [0, 0.05) is 37.1 Å². The Bertz CT molecular complexity index is 832. The van der Waals surface area contributed by atoms with Crippen molar-refractivity contribution in [3.8, 4) is 0 Å². The average molecular weight is 395 g/mol. The van der Waals surface area contributed by atoms with Crippen molar-refractivity contribution in [1.29, 1.82) is 0 Å². The van der Waals surface area contributed by atoms with Crippen molar-refractivity contribution in [3.05, 3.63) is 59.7 Å². The summed E-state index contributed by atoms with van der Waals surface area (Å²) in [6.07, 6.45) is 3.13. The van der Waals surface area contributed by atoms with E-state index in [-0.39, 0.29) is 18.0 Å². The monoisotopic (exact) mass is 394 g/mol. The Balaban J connectivity index is 1.72. The molecule has 0 radical (unpaired) electrons. The van der Waals surface area contributed by atoms with Gasteiger partial charge in [0.1, 0.15) is 0 Å². The fraction of sp³-hybridized carbons (Fsp3) is 0.391. The lowest BCUT2D eigenvalue weighted by atomic mass is 10.1. The summed E-state index contributed by atoms with van der Waals surface area (Å²) in [4.78, 5) is 27.4. The largest absolute Gasteiger partial charge is 0.371 e. The van der Waals surface area contributed by atoms with Crippen LogP contribution in [-0.4, -0.2) is 31.1 Å². The molecule has 2 aromatic rings. The number of benzene rings is 2. The highest BCUT2D eigenvalue weighted by Crippen LogP contribution is 2.27. The number of anilines is 2. The number of nitrogens with one attached hydrogen (secondary N) is 3. The highest BCUT2D eigenvalue weighted by atomic mass is 16.2. The van der Waals surface area contributed by atoms with Gasteiger partial charge in [-0.15, -0.1) is 0 Å². The first-order valence-corrected chi connectivity index (χ1v) is 10.4. The number of nitrogens with zero attached hydrogens (tertiary/aromatic N) is 1. The van der Waals surface area contributed by atoms with Crippen molar-refractivity contribution >= 4 is 23.3 Å². The van der Waals surface area contributed by atoms with Crippen LogP contribution in [0.1, 0.15) is 49.0 Å². The molecule has 0 spiro atoms. The summed E-state index contributed by atoms with van der Waals surface area (Å²) in [5.74, 6) is -0.102. The molecule has 0 aliphatic carbocycles. The van der Waals surface area contributed by atoms with Crippen LogP contribution in [0.25, 0.3) is 0 Å². The minimum absolute atomic E-state index is 0.0970. The Morgan fingerprint density at radius 3 is 2.48 bits per heavy atom. The van der Waals surface area contributed by atoms with Crippen molar-refractivity contribution in [2.24, 2.45) is 0 Å². The van der Waals surface area contributed by atoms with Crippen LogP contribution in [0, 0.1) is 0 Å². The summed E-state index contributed by atoms with van der Waals surface area (Å²) >= 11 is 0. The second-order valence-electron chi connectivity index (χ2n) is 7.50. The van der Waals surface area contributed by atoms with E-state index in [1.54, 1.807) is 6.07 Å². The van der Waals surface area contributed by atoms with E-state index in [9.17, 15) is 9.59 Å². The molecule has 6 nitrogen and oxygen atoms in total. The zero-order valence-electron chi connectivity index (χ0n) is 17.2. The first-order chi connectivity index (χ1) is 14.1. The van der Waals surface area contributed by atoms with E-state index in [0.29, 0.717) is 17.8 Å². The maximum absolute atomic E-state index is 12.9. The van der Waals surface area contributed by atoms with E-state index in [2.05, 4.69) is 20.9 Å². The molecule has 0 aromatic heterocycles. The Hall–Kier alpha value is -3.02. The zero-order chi connectivity index (χ0) is 20.6. The molecule has 1 heterocycles. The van der Waals surface area contributed by atoms with Crippen LogP contribution in [0.2, 0.25) is 0 Å². The fourth-order valence-electron chi connectivity index (χ4n) is 3.39. The molecule has 1 aliphatic rings. The van der Waals surface area contributed by atoms with Crippen molar-refractivity contribution in [2.45, 2.75) is 45.7 Å². The summed E-state index contributed by atoms with van der Waals surface area (Å²) in [6, 6.07) is 15.1. The molecule has 6 heteroatoms. The predicted molar refractivity (Wildman–Crippen MR) is 117 cm³/mol. The van der Waals surface area contributed by atoms with Crippen LogP contribution in [0.5, 0.6) is 0 Å². The summed E-state index contributed by atoms with van der Waals surface area (Å²) in [5, 5.41) is 8.73. The molecule has 1 aliphatic heterocycles. The molecular weight excluding hydrogens is 364 g/mol. The maximum Gasteiger partial charge on any atom is 0.319 e. The number of rotatable bonds is 7. The Morgan fingerprint density at radius 2 is 1.79 bits per heavy atom. The first kappa shape index (κ1) is 20.7. The van der Waals surface area contributed by atoms with Gasteiger partial charge in [-0.3, -0.25) is 4.79 Å². The number of carbonyl (C=O) groups is 2. The molecule has 3 N–H and O–H groups in total. The first-order valence-electron chi connectivity index (χ1n) is 10.4. The van der Waals surface area contributed by atoms with Gasteiger partial charge < -0.3 is 20.9 Å². The Labute approximate surface area is 172 Å². The molecular formula is C23H30N4O2. The summed E-state index contributed by atoms with van der Waals surface area (Å²) < 4.78 is 0. The van der Waals surface area contributed by atoms with E-state index < -0.39 is 0 Å². The lowest BCUT2D eigenvalue weighted by Crippen LogP contribution is -2.34. The van der Waals surface area contributed by atoms with Crippen molar-refractivity contribution in [1.82, 2.24) is 10.6 Å². The molecule has 0 saturated carbocycles. The second-order valence-corrected chi connectivity index (χ2v) is 7.50. The summed E-state index contributed by atoms with van der Waals surface area (Å²) in [5.41, 5.74) is 3.17. The van der Waals surface area contributed by atoms with E-state index in [0.717, 1.165) is 43.6 Å². The van der Waals surface area contributed by atoms with Crippen LogP contribution in [0.15, 0.2) is 48.5 Å². The molecule has 1 saturated heterocycles. The van der Waals surface area contributed by atoms with E-state index in [1.165, 1.54) is 0 Å². The molecule has 3 rings (SSSR count). The lowest BCUT2D eigenvalue weighted by molar-refractivity contribution is 0.0939. The van der Waals surface area contributed by atoms with Crippen LogP contribution in [0.4, 0.5) is 16.2 Å². The number of carbonyl (C=O) groups excluding carboxylic acids is 2. The van der Waals surface area contributed by atoms with Crippen LogP contribution in [0.3, 0.4) is 0 Å². The van der Waals surface area contributed by atoms with Crippen molar-refractivity contribution < 1.29 is 9.59 Å². The molecule has 0 bridgehead atoms. The van der Waals surface area contributed by atoms with Gasteiger partial charge in [0.25, 0.3) is 5.91 Å². The third-order valence-electron chi connectivity index (χ3n) is 5.23. The van der Waals surface area contributed by atoms with Gasteiger partial charge in [-0.05, 0) is 49.9 Å². The van der Waals surface area contributed by atoms with E-state index >= 15 is 0 Å². The van der Waals surface area contributed by atoms with Crippen LogP contribution >= 0.6 is 0 Å². The number of hydrogen-bond donors (Lipinski definition) is 3. The van der Waals surface area contributed by atoms with Gasteiger partial charge in [-0.2, -0.15) is 0 Å². The van der Waals surface area contributed by atoms with Gasteiger partial charge in [-0.25, -0.2) is 4.79 Å². The van der Waals surface area contributed by atoms with Gasteiger partial charge >= 0.3 is 6.03 Å². The smallest absolute Gasteiger partial charge is 0.319 e. The zero-order valence-corrected chi connectivity index (χ0v) is 17.2. The average Bonchev–Trinajstić information content (AvgIpc) is 3.27. The van der Waals surface area contributed by atoms with Crippen molar-refractivity contribution in [2.75, 3.05) is 23.3 Å². The van der Waals surface area contributed by atoms with E-state index in [4.69, 9.17) is 0 Å². The van der Waals surface area contributed by atoms with E-state index in [1.807, 2.05) is 56.3 Å². The topological polar surface area (TPSA) is 73.5 Å². The van der Waals surface area contributed by atoms with Gasteiger partial charge in [-0.1, -0.05) is 37.3 Å². The Kier molecular flexibility index (Phi) is 7.11. The normalized spacial score (nSPS) is 14.3. The fourth-order valence-corrected chi connectivity index (χ4v) is 3.39. The molecule has 29 heavy (non-hydrogen) atoms. The van der Waals surface area contributed by atoms with Gasteiger partial charge in [0.2, 0.25) is 0 Å². The summed E-state index contributed by atoms with van der Waals surface area (Å²) in [7, 11) is 0. The highest BCUT2D eigenvalue weighted by molar-refractivity contribution is 6.02. The highest BCUT2D eigenvalue weighted by Gasteiger charge is 2.21. The van der Waals surface area contributed by atoms with Gasteiger partial charge in [0.05, 0.1) is 5.56 Å². The molecule has 154 valence electrons. The number of urea groups is 1. The predicted octanol–water partition coefficient (Wildman–Crippen LogP) is 4.14. The quantitative estimate of drug-likeness (QED) is 0.661. The number of amides is 3. The molecule has 0 unspecified atom stereocenters. The molecule has 1 atom stereocenters. The standard InChI is InChI=1S/C23H30N4O2/c1-3-17(2)25-22(28)20-15-19(11-12-21(20)27-13-7-8-14-27)26-23(29)24-16-18-9-5-4-6-10-18/h4-6,9-12,15,17H,3,7-8,13-14,16H2,1-2H3,(H,25,28)(H2,24,26,29)/t17-/m1/s1. The number of hydrogen-bond acceptors (Lipinski definition) is 3. The molecule has 1 fully saturated rings. The SMILES string of the molecule is CC[C@@H](C)NC(=O)c1cc(NC(=O)NCc2ccccc2)ccc1N1CCCC1. The maximum atomic E-state index is 12.9. The Morgan fingerprint density at radius 1 is 1.07 bits per heavy atom. The lowest BCUT2D eigenvalue weighted by Gasteiger charge is -2.23. The molecule has 2 aromatic carbocycles. The summed E-state index contributed by atoms with van der Waals surface area (Å²) in [6.45, 7) is 6.38. The second kappa shape index (κ2) is 9.96. The van der Waals surface area contributed by atoms with Crippen LogP contribution in [-0.2, 0) is 6.54 Å². The van der Waals surface area contributed by atoms with Crippen LogP contribution < -0.4 is 20.9 Å². The third-order valence-corrected chi connectivity index (χ3v) is 5.23. The third kappa shape index (κ3) is 5.73. The minimum Gasteiger partial charge on any atom is -0.371 e. The minimum atomic E-state index is -0.295. The molecule has 3 amide bonds. The van der Waals surface area contributed by atoms with Gasteiger partial charge in [0.15, 0.2) is 0 Å².